The largest absolute Gasteiger partial charge is 0.512 e. The number of halogens is 3. The number of carbonyl (C=O) groups excluding carboxylic acids is 1. The lowest BCUT2D eigenvalue weighted by atomic mass is 9.99. The van der Waals surface area contributed by atoms with Crippen LogP contribution in [0.1, 0.15) is 31.9 Å². The Morgan fingerprint density at radius 2 is 1.77 bits per heavy atom. The van der Waals surface area contributed by atoms with E-state index in [1.807, 2.05) is 0 Å². The number of fused-ring (bicyclic) bond motifs is 1. The lowest BCUT2D eigenvalue weighted by molar-refractivity contribution is -0.205. The van der Waals surface area contributed by atoms with Crippen LogP contribution in [0.15, 0.2) is 78.1 Å². The third-order valence-corrected chi connectivity index (χ3v) is 7.86. The molecule has 2 aromatic carbocycles. The van der Waals surface area contributed by atoms with Gasteiger partial charge in [0, 0.05) is 30.4 Å². The number of anilines is 1. The van der Waals surface area contributed by atoms with E-state index in [0.717, 1.165) is 0 Å². The molecule has 1 unspecified atom stereocenters. The summed E-state index contributed by atoms with van der Waals surface area (Å²) >= 11 is 0. The molecule has 0 bridgehead atoms. The van der Waals surface area contributed by atoms with E-state index >= 15 is 0 Å². The minimum Gasteiger partial charge on any atom is -0.449 e. The van der Waals surface area contributed by atoms with Gasteiger partial charge in [0.15, 0.2) is 0 Å². The van der Waals surface area contributed by atoms with E-state index in [2.05, 4.69) is 24.7 Å². The van der Waals surface area contributed by atoms with Crippen molar-refractivity contribution in [2.24, 2.45) is 0 Å². The van der Waals surface area contributed by atoms with Crippen LogP contribution >= 0.6 is 0 Å². The van der Waals surface area contributed by atoms with Gasteiger partial charge in [0.1, 0.15) is 11.6 Å². The van der Waals surface area contributed by atoms with Gasteiger partial charge in [0.2, 0.25) is 5.88 Å². The summed E-state index contributed by atoms with van der Waals surface area (Å²) in [6.07, 6.45) is -4.90. The first kappa shape index (κ1) is 32.2. The summed E-state index contributed by atoms with van der Waals surface area (Å²) in [6, 6.07) is 14.5. The highest BCUT2D eigenvalue weighted by Gasteiger charge is 2.42. The quantitative estimate of drug-likeness (QED) is 0.183. The third kappa shape index (κ3) is 8.44. The highest BCUT2D eigenvalue weighted by molar-refractivity contribution is 7.92. The van der Waals surface area contributed by atoms with E-state index < -0.39 is 40.0 Å². The Balaban J connectivity index is 1.50. The van der Waals surface area contributed by atoms with Gasteiger partial charge in [-0.3, -0.25) is 4.72 Å². The fraction of sp³-hybridized carbons (Fsp3) is 0.286. The number of carbonyl (C=O) groups is 2. The molecule has 44 heavy (non-hydrogen) atoms. The van der Waals surface area contributed by atoms with Crippen molar-refractivity contribution >= 4 is 38.9 Å². The molecule has 12 nitrogen and oxygen atoms in total. The molecule has 2 aromatic heterocycles. The smallest absolute Gasteiger partial charge is 0.449 e. The highest BCUT2D eigenvalue weighted by Crippen LogP contribution is 2.27. The fourth-order valence-corrected chi connectivity index (χ4v) is 5.23. The molecule has 2 heterocycles. The Morgan fingerprint density at radius 1 is 1.05 bits per heavy atom. The Labute approximate surface area is 249 Å². The van der Waals surface area contributed by atoms with Crippen molar-refractivity contribution in [1.29, 1.82) is 0 Å². The molecule has 16 heteroatoms. The summed E-state index contributed by atoms with van der Waals surface area (Å²) in [4.78, 5) is 30.8. The van der Waals surface area contributed by atoms with Crippen molar-refractivity contribution in [3.63, 3.8) is 0 Å². The van der Waals surface area contributed by atoms with Crippen LogP contribution in [-0.2, 0) is 26.1 Å². The fourth-order valence-electron chi connectivity index (χ4n) is 4.16. The molecular weight excluding hydrogens is 607 g/mol. The van der Waals surface area contributed by atoms with Crippen LogP contribution in [0.5, 0.6) is 5.88 Å². The summed E-state index contributed by atoms with van der Waals surface area (Å²) < 4.78 is 78.5. The van der Waals surface area contributed by atoms with Gasteiger partial charge in [-0.05, 0) is 50.1 Å². The minimum absolute atomic E-state index is 0.0126. The lowest BCUT2D eigenvalue weighted by Gasteiger charge is -2.30. The number of rotatable bonds is 12. The molecule has 0 amide bonds. The number of aromatic nitrogens is 3. The van der Waals surface area contributed by atoms with E-state index in [9.17, 15) is 31.2 Å². The Kier molecular flexibility index (Phi) is 9.44. The molecule has 0 fully saturated rings. The summed E-state index contributed by atoms with van der Waals surface area (Å²) in [5.74, 6) is -2.53. The van der Waals surface area contributed by atoms with Crippen molar-refractivity contribution in [3.05, 3.63) is 78.8 Å². The van der Waals surface area contributed by atoms with E-state index in [4.69, 9.17) is 9.84 Å². The standard InChI is InChI=1S/C28H28F3N5O7S/c1-27(2,11-12-36-17-33-21-15-32-24(14-22(21)36)43-26(38)39)34-16-23(42-25(37)28(29,30)31)18-7-6-8-19(13-18)35-44(40,41)20-9-4-3-5-10-20/h3-10,13-15,17,23,34-35H,11-12,16H2,1-2H3,(H,38,39). The molecule has 3 N–H and O–H groups in total. The second-order valence-corrected chi connectivity index (χ2v) is 12.0. The summed E-state index contributed by atoms with van der Waals surface area (Å²) in [7, 11) is -3.99. The third-order valence-electron chi connectivity index (χ3n) is 6.46. The van der Waals surface area contributed by atoms with Crippen molar-refractivity contribution in [1.82, 2.24) is 19.9 Å². The topological polar surface area (TPSA) is 162 Å². The molecule has 0 aliphatic carbocycles. The second kappa shape index (κ2) is 12.9. The summed E-state index contributed by atoms with van der Waals surface area (Å²) in [5.41, 5.74) is 0.512. The number of imidazole rings is 1. The summed E-state index contributed by atoms with van der Waals surface area (Å²) in [5, 5.41) is 12.0. The van der Waals surface area contributed by atoms with Crippen LogP contribution in [0, 0.1) is 0 Å². The number of benzene rings is 2. The average Bonchev–Trinajstić information content (AvgIpc) is 3.36. The minimum atomic E-state index is -5.25. The lowest BCUT2D eigenvalue weighted by Crippen LogP contribution is -2.43. The Morgan fingerprint density at radius 3 is 2.45 bits per heavy atom. The van der Waals surface area contributed by atoms with E-state index in [1.165, 1.54) is 55.0 Å². The van der Waals surface area contributed by atoms with Gasteiger partial charge in [-0.15, -0.1) is 0 Å². The number of hydrogen-bond donors (Lipinski definition) is 3. The predicted octanol–water partition coefficient (Wildman–Crippen LogP) is 4.89. The van der Waals surface area contributed by atoms with Gasteiger partial charge in [-0.2, -0.15) is 13.2 Å². The van der Waals surface area contributed by atoms with Crippen molar-refractivity contribution in [3.8, 4) is 5.88 Å². The SMILES string of the molecule is CC(C)(CCn1cnc2cnc(OC(=O)O)cc21)NCC(OC(=O)C(F)(F)F)c1cccc(NS(=O)(=O)c2ccccc2)c1. The molecule has 4 rings (SSSR count). The van der Waals surface area contributed by atoms with Crippen LogP contribution in [-0.4, -0.2) is 58.4 Å². The molecular formula is C28H28F3N5O7S. The zero-order valence-corrected chi connectivity index (χ0v) is 24.2. The zero-order valence-electron chi connectivity index (χ0n) is 23.4. The number of nitrogens with zero attached hydrogens (tertiary/aromatic N) is 3. The molecule has 0 aliphatic heterocycles. The van der Waals surface area contributed by atoms with Crippen molar-refractivity contribution < 1.29 is 45.8 Å². The highest BCUT2D eigenvalue weighted by atomic mass is 32.2. The number of sulfonamides is 1. The first-order valence-corrected chi connectivity index (χ1v) is 14.5. The molecule has 1 atom stereocenters. The molecule has 234 valence electrons. The molecule has 0 saturated heterocycles. The molecule has 0 saturated carbocycles. The normalized spacial score (nSPS) is 12.9. The average molecular weight is 636 g/mol. The van der Waals surface area contributed by atoms with Crippen LogP contribution in [0.2, 0.25) is 0 Å². The van der Waals surface area contributed by atoms with Gasteiger partial charge in [-0.25, -0.2) is 28.0 Å². The number of hydrogen-bond acceptors (Lipinski definition) is 9. The molecule has 0 radical (unpaired) electrons. The number of nitrogens with one attached hydrogen (secondary N) is 2. The number of ether oxygens (including phenoxy) is 2. The van der Waals surface area contributed by atoms with E-state index in [1.54, 1.807) is 36.6 Å². The van der Waals surface area contributed by atoms with Gasteiger partial charge >= 0.3 is 18.3 Å². The van der Waals surface area contributed by atoms with Crippen LogP contribution in [0.3, 0.4) is 0 Å². The predicted molar refractivity (Wildman–Crippen MR) is 151 cm³/mol. The number of esters is 1. The van der Waals surface area contributed by atoms with Crippen molar-refractivity contribution in [2.45, 2.75) is 49.5 Å². The van der Waals surface area contributed by atoms with Crippen LogP contribution < -0.4 is 14.8 Å². The monoisotopic (exact) mass is 635 g/mol. The van der Waals surface area contributed by atoms with Gasteiger partial charge in [0.05, 0.1) is 22.9 Å². The number of pyridine rings is 1. The molecule has 4 aromatic rings. The Hall–Kier alpha value is -4.70. The van der Waals surface area contributed by atoms with Gasteiger partial charge in [-0.1, -0.05) is 30.3 Å². The first-order valence-electron chi connectivity index (χ1n) is 13.1. The number of carboxylic acid groups (broad SMARTS) is 1. The van der Waals surface area contributed by atoms with Gasteiger partial charge < -0.3 is 24.5 Å². The van der Waals surface area contributed by atoms with Crippen molar-refractivity contribution in [2.75, 3.05) is 11.3 Å². The molecule has 0 spiro atoms. The maximum absolute atomic E-state index is 13.2. The maximum Gasteiger partial charge on any atom is 0.512 e. The second-order valence-electron chi connectivity index (χ2n) is 10.3. The number of aryl methyl sites for hydroxylation is 1. The maximum atomic E-state index is 13.2. The summed E-state index contributed by atoms with van der Waals surface area (Å²) in [6.45, 7) is 3.70. The van der Waals surface area contributed by atoms with E-state index in [-0.39, 0.29) is 28.6 Å². The van der Waals surface area contributed by atoms with Gasteiger partial charge in [0.25, 0.3) is 10.0 Å². The first-order chi connectivity index (χ1) is 20.6. The Bertz CT molecular complexity index is 1750. The van der Waals surface area contributed by atoms with E-state index in [0.29, 0.717) is 24.0 Å². The van der Waals surface area contributed by atoms with Crippen LogP contribution in [0.25, 0.3) is 11.0 Å². The molecule has 0 aliphatic rings. The van der Waals surface area contributed by atoms with Crippen LogP contribution in [0.4, 0.5) is 23.7 Å². The number of alkyl halides is 3. The zero-order chi connectivity index (χ0) is 32.1.